The van der Waals surface area contributed by atoms with E-state index in [0.717, 1.165) is 0 Å². The minimum absolute atomic E-state index is 0.0481. The number of carboxylic acid groups (broad SMARTS) is 1. The quantitative estimate of drug-likeness (QED) is 0.247. The molecular weight excluding hydrogens is 428 g/mol. The maximum Gasteiger partial charge on any atom is 0.322 e. The number of carbonyl (C=O) groups is 4. The van der Waals surface area contributed by atoms with Gasteiger partial charge in [-0.05, 0) is 36.0 Å². The number of hydrogen-bond acceptors (Lipinski definition) is 6. The van der Waals surface area contributed by atoms with Crippen molar-refractivity contribution >= 4 is 23.7 Å². The predicted molar refractivity (Wildman–Crippen MR) is 123 cm³/mol. The summed E-state index contributed by atoms with van der Waals surface area (Å²) < 4.78 is 0. The van der Waals surface area contributed by atoms with E-state index in [1.54, 1.807) is 19.1 Å². The smallest absolute Gasteiger partial charge is 0.322 e. The lowest BCUT2D eigenvalue weighted by Crippen LogP contribution is -2.58. The Labute approximate surface area is 194 Å². The molecule has 0 aliphatic rings. The summed E-state index contributed by atoms with van der Waals surface area (Å²) in [5, 5.41) is 26.0. The van der Waals surface area contributed by atoms with E-state index in [1.807, 2.05) is 20.8 Å². The Bertz CT molecular complexity index is 812. The fourth-order valence-electron chi connectivity index (χ4n) is 3.20. The molecule has 4 atom stereocenters. The van der Waals surface area contributed by atoms with Gasteiger partial charge in [-0.2, -0.15) is 0 Å². The van der Waals surface area contributed by atoms with Gasteiger partial charge >= 0.3 is 5.97 Å². The van der Waals surface area contributed by atoms with Gasteiger partial charge in [0.05, 0.1) is 6.04 Å². The number of nitrogens with two attached hydrogens (primary N) is 1. The molecule has 10 heteroatoms. The van der Waals surface area contributed by atoms with Crippen LogP contribution in [0.25, 0.3) is 0 Å². The van der Waals surface area contributed by atoms with E-state index >= 15 is 0 Å². The minimum Gasteiger partial charge on any atom is -0.508 e. The first-order chi connectivity index (χ1) is 15.4. The third-order valence-corrected chi connectivity index (χ3v) is 5.28. The van der Waals surface area contributed by atoms with Gasteiger partial charge in [-0.15, -0.1) is 0 Å². The van der Waals surface area contributed by atoms with E-state index in [-0.39, 0.29) is 24.0 Å². The zero-order valence-electron chi connectivity index (χ0n) is 19.6. The molecule has 0 spiro atoms. The first-order valence-electron chi connectivity index (χ1n) is 11.1. The molecule has 1 aromatic carbocycles. The monoisotopic (exact) mass is 464 g/mol. The SMILES string of the molecule is CCC(C)C(NC(=O)C(N)CC(C)C)C(=O)NC(Cc1ccc(O)cc1)C(=O)NCC(=O)O. The van der Waals surface area contributed by atoms with Gasteiger partial charge in [0.2, 0.25) is 17.7 Å². The maximum atomic E-state index is 13.1. The number of amides is 3. The van der Waals surface area contributed by atoms with Gasteiger partial charge in [-0.1, -0.05) is 46.2 Å². The van der Waals surface area contributed by atoms with E-state index < -0.39 is 48.4 Å². The third kappa shape index (κ3) is 9.90. The van der Waals surface area contributed by atoms with Gasteiger partial charge in [0.1, 0.15) is 24.4 Å². The summed E-state index contributed by atoms with van der Waals surface area (Å²) in [7, 11) is 0. The number of carbonyl (C=O) groups excluding carboxylic acids is 3. The molecule has 0 heterocycles. The number of nitrogens with one attached hydrogen (secondary N) is 3. The molecule has 0 aliphatic carbocycles. The summed E-state index contributed by atoms with van der Waals surface area (Å²) in [4.78, 5) is 49.1. The molecule has 4 unspecified atom stereocenters. The van der Waals surface area contributed by atoms with Crippen molar-refractivity contribution < 1.29 is 29.4 Å². The van der Waals surface area contributed by atoms with Crippen molar-refractivity contribution in [1.29, 1.82) is 0 Å². The Morgan fingerprint density at radius 2 is 1.58 bits per heavy atom. The Morgan fingerprint density at radius 1 is 0.970 bits per heavy atom. The van der Waals surface area contributed by atoms with Gasteiger partial charge in [-0.3, -0.25) is 19.2 Å². The molecule has 0 bridgehead atoms. The van der Waals surface area contributed by atoms with E-state index in [9.17, 15) is 24.3 Å². The van der Waals surface area contributed by atoms with Crippen LogP contribution in [0.2, 0.25) is 0 Å². The van der Waals surface area contributed by atoms with Crippen molar-refractivity contribution in [3.05, 3.63) is 29.8 Å². The van der Waals surface area contributed by atoms with Crippen LogP contribution >= 0.6 is 0 Å². The number of hydrogen-bond donors (Lipinski definition) is 6. The highest BCUT2D eigenvalue weighted by molar-refractivity contribution is 5.94. The summed E-state index contributed by atoms with van der Waals surface area (Å²) in [6, 6.07) is 3.31. The van der Waals surface area contributed by atoms with Crippen LogP contribution in [-0.4, -0.2) is 58.6 Å². The van der Waals surface area contributed by atoms with Crippen molar-refractivity contribution in [3.8, 4) is 5.75 Å². The van der Waals surface area contributed by atoms with Crippen molar-refractivity contribution in [2.45, 2.75) is 65.1 Å². The Balaban J connectivity index is 3.04. The van der Waals surface area contributed by atoms with Gasteiger partial charge in [0.25, 0.3) is 0 Å². The summed E-state index contributed by atoms with van der Waals surface area (Å²) in [5.41, 5.74) is 6.60. The summed E-state index contributed by atoms with van der Waals surface area (Å²) >= 11 is 0. The molecule has 33 heavy (non-hydrogen) atoms. The van der Waals surface area contributed by atoms with Crippen molar-refractivity contribution in [1.82, 2.24) is 16.0 Å². The van der Waals surface area contributed by atoms with Crippen molar-refractivity contribution in [2.75, 3.05) is 6.54 Å². The molecule has 3 amide bonds. The van der Waals surface area contributed by atoms with E-state index in [0.29, 0.717) is 18.4 Å². The largest absolute Gasteiger partial charge is 0.508 e. The Kier molecular flexibility index (Phi) is 11.3. The molecule has 0 radical (unpaired) electrons. The fourth-order valence-corrected chi connectivity index (χ4v) is 3.20. The molecule has 0 saturated carbocycles. The summed E-state index contributed by atoms with van der Waals surface area (Å²) in [6.07, 6.45) is 1.11. The Hall–Kier alpha value is -3.14. The zero-order valence-corrected chi connectivity index (χ0v) is 19.6. The Morgan fingerprint density at radius 3 is 2.09 bits per heavy atom. The average molecular weight is 465 g/mol. The van der Waals surface area contributed by atoms with Crippen LogP contribution in [0.15, 0.2) is 24.3 Å². The number of aromatic hydroxyl groups is 1. The number of aliphatic carboxylic acids is 1. The molecular formula is C23H36N4O6. The third-order valence-electron chi connectivity index (χ3n) is 5.28. The maximum absolute atomic E-state index is 13.1. The first kappa shape index (κ1) is 27.9. The lowest BCUT2D eigenvalue weighted by Gasteiger charge is -2.27. The van der Waals surface area contributed by atoms with Gasteiger partial charge in [0, 0.05) is 6.42 Å². The normalized spacial score (nSPS) is 14.6. The predicted octanol–water partition coefficient (Wildman–Crippen LogP) is 0.525. The topological polar surface area (TPSA) is 171 Å². The number of rotatable bonds is 13. The summed E-state index contributed by atoms with van der Waals surface area (Å²) in [5.74, 6) is -2.90. The van der Waals surface area contributed by atoms with Gasteiger partial charge < -0.3 is 31.9 Å². The molecule has 184 valence electrons. The van der Waals surface area contributed by atoms with E-state index in [4.69, 9.17) is 10.8 Å². The van der Waals surface area contributed by atoms with Crippen LogP contribution in [0.5, 0.6) is 5.75 Å². The number of benzene rings is 1. The lowest BCUT2D eigenvalue weighted by atomic mass is 9.96. The second-order valence-electron chi connectivity index (χ2n) is 8.65. The molecule has 1 aromatic rings. The van der Waals surface area contributed by atoms with Gasteiger partial charge in [-0.25, -0.2) is 0 Å². The molecule has 10 nitrogen and oxygen atoms in total. The van der Waals surface area contributed by atoms with Crippen LogP contribution in [0.1, 0.15) is 46.1 Å². The molecule has 0 aromatic heterocycles. The van der Waals surface area contributed by atoms with E-state index in [1.165, 1.54) is 12.1 Å². The highest BCUT2D eigenvalue weighted by Crippen LogP contribution is 2.13. The standard InChI is InChI=1S/C23H36N4O6/c1-5-14(4)20(27-21(31)17(24)10-13(2)3)23(33)26-18(22(32)25-12-19(29)30)11-15-6-8-16(28)9-7-15/h6-9,13-14,17-18,20,28H,5,10-12,24H2,1-4H3,(H,25,32)(H,26,33)(H,27,31)(H,29,30). The molecule has 0 aliphatic heterocycles. The highest BCUT2D eigenvalue weighted by Gasteiger charge is 2.31. The van der Waals surface area contributed by atoms with Crippen LogP contribution in [0.3, 0.4) is 0 Å². The van der Waals surface area contributed by atoms with Crippen LogP contribution in [-0.2, 0) is 25.6 Å². The minimum atomic E-state index is -1.22. The van der Waals surface area contributed by atoms with Crippen molar-refractivity contribution in [3.63, 3.8) is 0 Å². The van der Waals surface area contributed by atoms with Crippen LogP contribution < -0.4 is 21.7 Å². The number of carboxylic acids is 1. The first-order valence-corrected chi connectivity index (χ1v) is 11.1. The zero-order chi connectivity index (χ0) is 25.1. The van der Waals surface area contributed by atoms with Crippen LogP contribution in [0, 0.1) is 11.8 Å². The fraction of sp³-hybridized carbons (Fsp3) is 0.565. The van der Waals surface area contributed by atoms with Crippen molar-refractivity contribution in [2.24, 2.45) is 17.6 Å². The van der Waals surface area contributed by atoms with Gasteiger partial charge in [0.15, 0.2) is 0 Å². The second-order valence-corrected chi connectivity index (χ2v) is 8.65. The van der Waals surface area contributed by atoms with Crippen LogP contribution in [0.4, 0.5) is 0 Å². The second kappa shape index (κ2) is 13.4. The highest BCUT2D eigenvalue weighted by atomic mass is 16.4. The number of phenolic OH excluding ortho intramolecular Hbond substituents is 1. The lowest BCUT2D eigenvalue weighted by molar-refractivity contribution is -0.138. The average Bonchev–Trinajstić information content (AvgIpc) is 2.75. The molecule has 1 rings (SSSR count). The number of phenols is 1. The molecule has 7 N–H and O–H groups in total. The molecule has 0 saturated heterocycles. The summed E-state index contributed by atoms with van der Waals surface area (Å²) in [6.45, 7) is 6.96. The molecule has 0 fully saturated rings. The van der Waals surface area contributed by atoms with E-state index in [2.05, 4.69) is 16.0 Å².